The van der Waals surface area contributed by atoms with Crippen LogP contribution in [0.1, 0.15) is 52.9 Å². The molecule has 2 N–H and O–H groups in total. The molecule has 0 aliphatic heterocycles. The van der Waals surface area contributed by atoms with Crippen LogP contribution >= 0.6 is 0 Å². The first-order chi connectivity index (χ1) is 10.1. The van der Waals surface area contributed by atoms with Crippen molar-refractivity contribution in [2.45, 2.75) is 52.9 Å². The first-order valence-electron chi connectivity index (χ1n) is 7.71. The van der Waals surface area contributed by atoms with E-state index in [4.69, 9.17) is 0 Å². The molecule has 0 saturated carbocycles. The molecule has 0 heterocycles. The van der Waals surface area contributed by atoms with Crippen molar-refractivity contribution in [3.8, 4) is 0 Å². The summed E-state index contributed by atoms with van der Waals surface area (Å²) in [6, 6.07) is 0. The summed E-state index contributed by atoms with van der Waals surface area (Å²) in [5, 5.41) is 5.40. The number of hydrogen-bond acceptors (Lipinski definition) is 4. The lowest BCUT2D eigenvalue weighted by atomic mass is 9.92. The summed E-state index contributed by atoms with van der Waals surface area (Å²) in [5.41, 5.74) is 0. The third kappa shape index (κ3) is 8.32. The highest BCUT2D eigenvalue weighted by Gasteiger charge is 2.19. The van der Waals surface area contributed by atoms with E-state index in [1.165, 1.54) is 0 Å². The fourth-order valence-corrected chi connectivity index (χ4v) is 2.26. The fraction of sp³-hybridized carbons (Fsp3) is 0.800. The van der Waals surface area contributed by atoms with Crippen molar-refractivity contribution in [1.29, 1.82) is 0 Å². The molecule has 6 heteroatoms. The zero-order valence-electron chi connectivity index (χ0n) is 13.3. The smallest absolute Gasteiger partial charge is 0.294 e. The normalized spacial score (nSPS) is 13.1. The van der Waals surface area contributed by atoms with Crippen LogP contribution in [0.25, 0.3) is 0 Å². The molecule has 0 aromatic heterocycles. The van der Waals surface area contributed by atoms with Gasteiger partial charge < -0.3 is 15.4 Å². The Morgan fingerprint density at radius 3 is 1.95 bits per heavy atom. The van der Waals surface area contributed by atoms with Crippen LogP contribution in [0.4, 0.5) is 0 Å². The van der Waals surface area contributed by atoms with E-state index in [-0.39, 0.29) is 30.4 Å². The predicted octanol–water partition coefficient (Wildman–Crippen LogP) is 1.59. The summed E-state index contributed by atoms with van der Waals surface area (Å²) in [7, 11) is 0. The summed E-state index contributed by atoms with van der Waals surface area (Å²) < 4.78 is 4.45. The maximum Gasteiger partial charge on any atom is 0.294 e. The number of rotatable bonds is 12. The van der Waals surface area contributed by atoms with Gasteiger partial charge in [-0.1, -0.05) is 20.3 Å². The van der Waals surface area contributed by atoms with Gasteiger partial charge in [-0.25, -0.2) is 0 Å². The average molecular weight is 300 g/mol. The second kappa shape index (κ2) is 12.2. The van der Waals surface area contributed by atoms with Gasteiger partial charge in [0.15, 0.2) is 6.73 Å². The Bertz CT molecular complexity index is 321. The number of amides is 2. The standard InChI is InChI=1S/C15H28N2O4/c1-4-12(14(19)16-6-3)8-7-9-13(5-2)15(20)17-10-21-11-18/h11-13H,4-10H2,1-3H3,(H,16,19)(H,17,20). The Kier molecular flexibility index (Phi) is 11.3. The molecule has 0 aromatic rings. The molecular formula is C15H28N2O4. The van der Waals surface area contributed by atoms with Gasteiger partial charge in [-0.15, -0.1) is 0 Å². The first kappa shape index (κ1) is 19.4. The number of carbonyl (C=O) groups is 3. The average Bonchev–Trinajstić information content (AvgIpc) is 2.47. The lowest BCUT2D eigenvalue weighted by Gasteiger charge is -2.17. The summed E-state index contributed by atoms with van der Waals surface area (Å²) >= 11 is 0. The molecular weight excluding hydrogens is 272 g/mol. The Balaban J connectivity index is 4.11. The number of hydrogen-bond donors (Lipinski definition) is 2. The number of carbonyl (C=O) groups excluding carboxylic acids is 3. The molecule has 0 rings (SSSR count). The van der Waals surface area contributed by atoms with Gasteiger partial charge in [-0.3, -0.25) is 14.4 Å². The van der Waals surface area contributed by atoms with Crippen LogP contribution in [0.5, 0.6) is 0 Å². The minimum absolute atomic E-state index is 0.0175. The molecule has 21 heavy (non-hydrogen) atoms. The Morgan fingerprint density at radius 1 is 1.00 bits per heavy atom. The van der Waals surface area contributed by atoms with E-state index >= 15 is 0 Å². The van der Waals surface area contributed by atoms with Gasteiger partial charge in [0.05, 0.1) is 0 Å². The molecule has 0 aromatic carbocycles. The lowest BCUT2D eigenvalue weighted by molar-refractivity contribution is -0.133. The number of ether oxygens (including phenoxy) is 1. The van der Waals surface area contributed by atoms with Crippen molar-refractivity contribution in [3.05, 3.63) is 0 Å². The minimum atomic E-state index is -0.106. The van der Waals surface area contributed by atoms with E-state index in [0.29, 0.717) is 13.0 Å². The summed E-state index contributed by atoms with van der Waals surface area (Å²) in [4.78, 5) is 33.6. The van der Waals surface area contributed by atoms with Gasteiger partial charge in [0.25, 0.3) is 6.47 Å². The van der Waals surface area contributed by atoms with Crippen LogP contribution < -0.4 is 10.6 Å². The Morgan fingerprint density at radius 2 is 1.52 bits per heavy atom. The third-order valence-electron chi connectivity index (χ3n) is 3.58. The molecule has 0 aliphatic rings. The van der Waals surface area contributed by atoms with Crippen LogP contribution in [0.2, 0.25) is 0 Å². The van der Waals surface area contributed by atoms with Crippen molar-refractivity contribution in [2.75, 3.05) is 13.3 Å². The maximum absolute atomic E-state index is 11.8. The molecule has 0 saturated heterocycles. The summed E-state index contributed by atoms with van der Waals surface area (Å²) in [5.74, 6) is -0.0989. The SMILES string of the molecule is CCNC(=O)C(CC)CCCC(CC)C(=O)NCOC=O. The van der Waals surface area contributed by atoms with Crippen molar-refractivity contribution in [2.24, 2.45) is 11.8 Å². The quantitative estimate of drug-likeness (QED) is 0.326. The van der Waals surface area contributed by atoms with Gasteiger partial charge in [-0.2, -0.15) is 0 Å². The molecule has 2 atom stereocenters. The minimum Gasteiger partial charge on any atom is -0.447 e. The highest BCUT2D eigenvalue weighted by atomic mass is 16.5. The fourth-order valence-electron chi connectivity index (χ4n) is 2.26. The van der Waals surface area contributed by atoms with Gasteiger partial charge in [0.1, 0.15) is 0 Å². The first-order valence-corrected chi connectivity index (χ1v) is 7.71. The molecule has 6 nitrogen and oxygen atoms in total. The summed E-state index contributed by atoms with van der Waals surface area (Å²) in [6.07, 6.45) is 3.89. The van der Waals surface area contributed by atoms with Gasteiger partial charge in [0, 0.05) is 18.4 Å². The molecule has 2 amide bonds. The van der Waals surface area contributed by atoms with Crippen LogP contribution in [-0.2, 0) is 19.1 Å². The van der Waals surface area contributed by atoms with E-state index < -0.39 is 0 Å². The second-order valence-corrected chi connectivity index (χ2v) is 4.98. The molecule has 2 unspecified atom stereocenters. The molecule has 0 radical (unpaired) electrons. The van der Waals surface area contributed by atoms with Crippen molar-refractivity contribution in [3.63, 3.8) is 0 Å². The van der Waals surface area contributed by atoms with Crippen LogP contribution in [0.3, 0.4) is 0 Å². The van der Waals surface area contributed by atoms with Gasteiger partial charge in [0.2, 0.25) is 11.8 Å². The van der Waals surface area contributed by atoms with Crippen molar-refractivity contribution >= 4 is 18.3 Å². The van der Waals surface area contributed by atoms with Crippen LogP contribution in [0.15, 0.2) is 0 Å². The molecule has 0 bridgehead atoms. The Labute approximate surface area is 127 Å². The highest BCUT2D eigenvalue weighted by molar-refractivity contribution is 5.79. The molecule has 0 spiro atoms. The molecule has 0 aliphatic carbocycles. The van der Waals surface area contributed by atoms with Gasteiger partial charge >= 0.3 is 0 Å². The topological polar surface area (TPSA) is 84.5 Å². The van der Waals surface area contributed by atoms with Crippen LogP contribution in [-0.4, -0.2) is 31.6 Å². The van der Waals surface area contributed by atoms with E-state index in [2.05, 4.69) is 15.4 Å². The largest absolute Gasteiger partial charge is 0.447 e. The predicted molar refractivity (Wildman–Crippen MR) is 80.3 cm³/mol. The lowest BCUT2D eigenvalue weighted by Crippen LogP contribution is -2.32. The second-order valence-electron chi connectivity index (χ2n) is 4.98. The summed E-state index contributed by atoms with van der Waals surface area (Å²) in [6.45, 7) is 6.72. The van der Waals surface area contributed by atoms with E-state index in [1.807, 2.05) is 20.8 Å². The number of nitrogens with one attached hydrogen (secondary N) is 2. The molecule has 0 fully saturated rings. The van der Waals surface area contributed by atoms with Gasteiger partial charge in [-0.05, 0) is 32.6 Å². The highest BCUT2D eigenvalue weighted by Crippen LogP contribution is 2.18. The van der Waals surface area contributed by atoms with Crippen molar-refractivity contribution < 1.29 is 19.1 Å². The maximum atomic E-state index is 11.8. The zero-order chi connectivity index (χ0) is 16.1. The van der Waals surface area contributed by atoms with Crippen LogP contribution in [0, 0.1) is 11.8 Å². The monoisotopic (exact) mass is 300 g/mol. The zero-order valence-corrected chi connectivity index (χ0v) is 13.3. The van der Waals surface area contributed by atoms with E-state index in [1.54, 1.807) is 0 Å². The van der Waals surface area contributed by atoms with E-state index in [9.17, 15) is 14.4 Å². The molecule has 122 valence electrons. The Hall–Kier alpha value is -1.59. The van der Waals surface area contributed by atoms with E-state index in [0.717, 1.165) is 32.1 Å². The third-order valence-corrected chi connectivity index (χ3v) is 3.58. The van der Waals surface area contributed by atoms with Crippen molar-refractivity contribution in [1.82, 2.24) is 10.6 Å².